The lowest BCUT2D eigenvalue weighted by Gasteiger charge is -2.07. The number of aryl methyl sites for hydroxylation is 2. The Hall–Kier alpha value is -2.71. The maximum Gasteiger partial charge on any atom is 0.338 e. The third kappa shape index (κ3) is 4.93. The summed E-state index contributed by atoms with van der Waals surface area (Å²) >= 11 is 2.63. The van der Waals surface area contributed by atoms with E-state index < -0.39 is 10.9 Å². The van der Waals surface area contributed by atoms with Crippen LogP contribution in [0.3, 0.4) is 0 Å². The van der Waals surface area contributed by atoms with Crippen LogP contribution in [0.2, 0.25) is 0 Å². The van der Waals surface area contributed by atoms with Crippen LogP contribution in [0.15, 0.2) is 57.1 Å². The minimum absolute atomic E-state index is 0.113. The molecule has 27 heavy (non-hydrogen) atoms. The van der Waals surface area contributed by atoms with Gasteiger partial charge in [0.2, 0.25) is 0 Å². The van der Waals surface area contributed by atoms with Gasteiger partial charge in [-0.3, -0.25) is 10.1 Å². The van der Waals surface area contributed by atoms with Crippen molar-refractivity contribution in [1.82, 2.24) is 4.98 Å². The van der Waals surface area contributed by atoms with Crippen molar-refractivity contribution in [3.8, 4) is 0 Å². The fraction of sp³-hybridized carbons (Fsp3) is 0.158. The van der Waals surface area contributed by atoms with E-state index in [1.54, 1.807) is 6.07 Å². The van der Waals surface area contributed by atoms with Gasteiger partial charge in [0.1, 0.15) is 6.61 Å². The van der Waals surface area contributed by atoms with Crippen molar-refractivity contribution in [3.05, 3.63) is 80.3 Å². The van der Waals surface area contributed by atoms with Gasteiger partial charge >= 0.3 is 5.97 Å². The zero-order valence-corrected chi connectivity index (χ0v) is 16.3. The largest absolute Gasteiger partial charge is 0.457 e. The Bertz CT molecular complexity index is 984. The Morgan fingerprint density at radius 3 is 2.59 bits per heavy atom. The zero-order valence-electron chi connectivity index (χ0n) is 14.7. The van der Waals surface area contributed by atoms with Crippen LogP contribution in [-0.4, -0.2) is 15.9 Å². The molecule has 3 aromatic rings. The summed E-state index contributed by atoms with van der Waals surface area (Å²) in [5, 5.41) is 13.3. The molecule has 0 fully saturated rings. The molecular weight excluding hydrogens is 384 g/mol. The minimum atomic E-state index is -0.597. The van der Waals surface area contributed by atoms with E-state index in [1.807, 2.05) is 43.5 Å². The molecule has 1 aromatic heterocycles. The van der Waals surface area contributed by atoms with E-state index in [-0.39, 0.29) is 17.9 Å². The van der Waals surface area contributed by atoms with Crippen LogP contribution in [0.1, 0.15) is 27.2 Å². The van der Waals surface area contributed by atoms with Crippen molar-refractivity contribution in [2.75, 3.05) is 0 Å². The molecule has 0 aliphatic carbocycles. The van der Waals surface area contributed by atoms with Crippen molar-refractivity contribution in [3.63, 3.8) is 0 Å². The molecule has 138 valence electrons. The lowest BCUT2D eigenvalue weighted by molar-refractivity contribution is -0.387. The van der Waals surface area contributed by atoms with Crippen LogP contribution in [0.5, 0.6) is 0 Å². The summed E-state index contributed by atoms with van der Waals surface area (Å²) < 4.78 is 5.98. The second-order valence-electron chi connectivity index (χ2n) is 5.86. The number of nitro groups is 1. The number of hydrogen-bond donors (Lipinski definition) is 0. The highest BCUT2D eigenvalue weighted by Crippen LogP contribution is 2.36. The molecule has 8 heteroatoms. The van der Waals surface area contributed by atoms with E-state index in [4.69, 9.17) is 4.74 Å². The van der Waals surface area contributed by atoms with Crippen molar-refractivity contribution >= 4 is 34.8 Å². The SMILES string of the molecule is Cc1ccc(COC(=O)c2ccc(Sc3nc(C)cs3)c([N+](=O)[O-])c2)cc1. The molecule has 2 aromatic carbocycles. The van der Waals surface area contributed by atoms with E-state index in [2.05, 4.69) is 4.98 Å². The summed E-state index contributed by atoms with van der Waals surface area (Å²) in [6.45, 7) is 3.95. The van der Waals surface area contributed by atoms with Crippen molar-refractivity contribution in [2.45, 2.75) is 29.7 Å². The van der Waals surface area contributed by atoms with Crippen LogP contribution >= 0.6 is 23.1 Å². The lowest BCUT2D eigenvalue weighted by Crippen LogP contribution is -2.06. The second kappa shape index (κ2) is 8.32. The number of rotatable bonds is 6. The van der Waals surface area contributed by atoms with Gasteiger partial charge in [-0.25, -0.2) is 9.78 Å². The number of hydrogen-bond acceptors (Lipinski definition) is 7. The van der Waals surface area contributed by atoms with Gasteiger partial charge in [0.15, 0.2) is 4.34 Å². The maximum atomic E-state index is 12.3. The Balaban J connectivity index is 1.75. The highest BCUT2D eigenvalue weighted by molar-refractivity contribution is 8.01. The summed E-state index contributed by atoms with van der Waals surface area (Å²) in [5.74, 6) is -0.597. The monoisotopic (exact) mass is 400 g/mol. The molecule has 0 aliphatic rings. The molecule has 0 radical (unpaired) electrons. The molecular formula is C19H16N2O4S2. The lowest BCUT2D eigenvalue weighted by atomic mass is 10.1. The fourth-order valence-electron chi connectivity index (χ4n) is 2.26. The molecule has 0 amide bonds. The number of ether oxygens (including phenoxy) is 1. The first-order chi connectivity index (χ1) is 12.9. The summed E-state index contributed by atoms with van der Waals surface area (Å²) in [6.07, 6.45) is 0. The van der Waals surface area contributed by atoms with Gasteiger partial charge in [-0.15, -0.1) is 11.3 Å². The van der Waals surface area contributed by atoms with E-state index in [9.17, 15) is 14.9 Å². The van der Waals surface area contributed by atoms with E-state index in [1.165, 1.54) is 35.2 Å². The molecule has 0 spiro atoms. The molecule has 3 rings (SSSR count). The van der Waals surface area contributed by atoms with Gasteiger partial charge < -0.3 is 4.74 Å². The van der Waals surface area contributed by atoms with Gasteiger partial charge in [-0.1, -0.05) is 41.6 Å². The number of benzene rings is 2. The maximum absolute atomic E-state index is 12.3. The summed E-state index contributed by atoms with van der Waals surface area (Å²) in [5.41, 5.74) is 2.84. The molecule has 0 bridgehead atoms. The number of thiazole rings is 1. The molecule has 0 saturated carbocycles. The zero-order chi connectivity index (χ0) is 19.4. The number of aromatic nitrogens is 1. The minimum Gasteiger partial charge on any atom is -0.457 e. The first-order valence-electron chi connectivity index (χ1n) is 8.03. The second-order valence-corrected chi connectivity index (χ2v) is 8.01. The highest BCUT2D eigenvalue weighted by atomic mass is 32.2. The molecule has 0 unspecified atom stereocenters. The Morgan fingerprint density at radius 2 is 1.96 bits per heavy atom. The molecule has 6 nitrogen and oxygen atoms in total. The van der Waals surface area contributed by atoms with Gasteiger partial charge in [0, 0.05) is 17.1 Å². The smallest absolute Gasteiger partial charge is 0.338 e. The predicted octanol–water partition coefficient (Wildman–Crippen LogP) is 5.18. The average molecular weight is 400 g/mol. The van der Waals surface area contributed by atoms with Crippen molar-refractivity contribution in [2.24, 2.45) is 0 Å². The third-order valence-corrected chi connectivity index (χ3v) is 5.80. The molecule has 0 saturated heterocycles. The molecule has 0 N–H and O–H groups in total. The van der Waals surface area contributed by atoms with Crippen LogP contribution in [0, 0.1) is 24.0 Å². The van der Waals surface area contributed by atoms with Gasteiger partial charge in [-0.05, 0) is 31.5 Å². The summed E-state index contributed by atoms with van der Waals surface area (Å²) in [7, 11) is 0. The Morgan fingerprint density at radius 1 is 1.22 bits per heavy atom. The Kier molecular flexibility index (Phi) is 5.88. The average Bonchev–Trinajstić information content (AvgIpc) is 3.06. The van der Waals surface area contributed by atoms with Crippen LogP contribution < -0.4 is 0 Å². The van der Waals surface area contributed by atoms with Gasteiger partial charge in [-0.2, -0.15) is 0 Å². The van der Waals surface area contributed by atoms with Crippen LogP contribution in [-0.2, 0) is 11.3 Å². The highest BCUT2D eigenvalue weighted by Gasteiger charge is 2.20. The standard InChI is InChI=1S/C19H16N2O4S2/c1-12-3-5-14(6-4-12)10-25-18(22)15-7-8-17(16(9-15)21(23)24)27-19-20-13(2)11-26-19/h3-9,11H,10H2,1-2H3. The number of carbonyl (C=O) groups excluding carboxylic acids is 1. The predicted molar refractivity (Wildman–Crippen MR) is 104 cm³/mol. The third-order valence-electron chi connectivity index (χ3n) is 3.68. The summed E-state index contributed by atoms with van der Waals surface area (Å²) in [6, 6.07) is 12.0. The van der Waals surface area contributed by atoms with Crippen LogP contribution in [0.25, 0.3) is 0 Å². The van der Waals surface area contributed by atoms with Crippen molar-refractivity contribution in [1.29, 1.82) is 0 Å². The molecule has 0 aliphatic heterocycles. The van der Waals surface area contributed by atoms with E-state index in [0.717, 1.165) is 16.8 Å². The Labute approximate surface area is 164 Å². The fourth-order valence-corrected chi connectivity index (χ4v) is 4.14. The number of esters is 1. The summed E-state index contributed by atoms with van der Waals surface area (Å²) in [4.78, 5) is 27.9. The quantitative estimate of drug-likeness (QED) is 0.322. The molecule has 1 heterocycles. The number of carbonyl (C=O) groups is 1. The molecule has 0 atom stereocenters. The number of nitrogens with zero attached hydrogens (tertiary/aromatic N) is 2. The van der Waals surface area contributed by atoms with Crippen molar-refractivity contribution < 1.29 is 14.5 Å². The van der Waals surface area contributed by atoms with Gasteiger partial charge in [0.25, 0.3) is 5.69 Å². The number of nitro benzene ring substituents is 1. The topological polar surface area (TPSA) is 82.3 Å². The first-order valence-corrected chi connectivity index (χ1v) is 9.73. The first kappa shape index (κ1) is 19.1. The van der Waals surface area contributed by atoms with E-state index in [0.29, 0.717) is 9.24 Å². The van der Waals surface area contributed by atoms with E-state index >= 15 is 0 Å². The van der Waals surface area contributed by atoms with Gasteiger partial charge in [0.05, 0.1) is 15.4 Å². The normalized spacial score (nSPS) is 10.6. The van der Waals surface area contributed by atoms with Crippen LogP contribution in [0.4, 0.5) is 5.69 Å².